The van der Waals surface area contributed by atoms with Gasteiger partial charge < -0.3 is 0 Å². The van der Waals surface area contributed by atoms with E-state index in [0.717, 1.165) is 18.4 Å². The minimum Gasteiger partial charge on any atom is -0.256 e. The Balaban J connectivity index is 2.16. The monoisotopic (exact) mass is 211 g/mol. The van der Waals surface area contributed by atoms with E-state index < -0.39 is 0 Å². The number of pyridine rings is 1. The summed E-state index contributed by atoms with van der Waals surface area (Å²) >= 11 is 0. The maximum absolute atomic E-state index is 4.37. The number of benzene rings is 1. The summed E-state index contributed by atoms with van der Waals surface area (Å²) in [6, 6.07) is 10.6. The number of nitrogens with zero attached hydrogens (tertiary/aromatic N) is 1. The van der Waals surface area contributed by atoms with Crippen LogP contribution in [0.5, 0.6) is 0 Å². The maximum Gasteiger partial charge on any atom is 0.0704 e. The van der Waals surface area contributed by atoms with Crippen LogP contribution in [-0.4, -0.2) is 4.98 Å². The van der Waals surface area contributed by atoms with Crippen LogP contribution < -0.4 is 0 Å². The largest absolute Gasteiger partial charge is 0.256 e. The molecule has 0 saturated carbocycles. The Morgan fingerprint density at radius 2 is 2.12 bits per heavy atom. The van der Waals surface area contributed by atoms with Crippen LogP contribution in [-0.2, 0) is 6.42 Å². The molecule has 0 aliphatic carbocycles. The Morgan fingerprint density at radius 1 is 1.25 bits per heavy atom. The van der Waals surface area contributed by atoms with E-state index in [1.165, 1.54) is 16.5 Å². The van der Waals surface area contributed by atoms with Crippen LogP contribution in [0.2, 0.25) is 0 Å². The molecule has 0 spiro atoms. The van der Waals surface area contributed by atoms with Gasteiger partial charge in [0.25, 0.3) is 0 Å². The molecule has 0 aliphatic heterocycles. The number of aromatic nitrogens is 1. The standard InChI is InChI=1S/C15H17N/c1-12(2)5-3-6-13-8-9-14-7-4-10-16-15(14)11-13/h4-5,7-11H,3,6H2,1-2H3. The van der Waals surface area contributed by atoms with Gasteiger partial charge in [-0.3, -0.25) is 4.98 Å². The van der Waals surface area contributed by atoms with Crippen molar-refractivity contribution in [3.05, 3.63) is 53.7 Å². The van der Waals surface area contributed by atoms with Crippen molar-refractivity contribution in [2.24, 2.45) is 0 Å². The normalized spacial score (nSPS) is 10.4. The topological polar surface area (TPSA) is 12.9 Å². The van der Waals surface area contributed by atoms with Crippen molar-refractivity contribution in [3.63, 3.8) is 0 Å². The van der Waals surface area contributed by atoms with E-state index in [4.69, 9.17) is 0 Å². The first kappa shape index (κ1) is 10.9. The van der Waals surface area contributed by atoms with Crippen molar-refractivity contribution in [3.8, 4) is 0 Å². The van der Waals surface area contributed by atoms with Crippen LogP contribution in [0.25, 0.3) is 10.9 Å². The fourth-order valence-corrected chi connectivity index (χ4v) is 1.80. The van der Waals surface area contributed by atoms with Gasteiger partial charge >= 0.3 is 0 Å². The van der Waals surface area contributed by atoms with Crippen molar-refractivity contribution in [2.75, 3.05) is 0 Å². The summed E-state index contributed by atoms with van der Waals surface area (Å²) in [4.78, 5) is 4.37. The smallest absolute Gasteiger partial charge is 0.0704 e. The van der Waals surface area contributed by atoms with E-state index in [1.807, 2.05) is 12.3 Å². The predicted octanol–water partition coefficient (Wildman–Crippen LogP) is 4.13. The Kier molecular flexibility index (Phi) is 3.35. The minimum atomic E-state index is 1.09. The van der Waals surface area contributed by atoms with Crippen molar-refractivity contribution < 1.29 is 0 Å². The zero-order chi connectivity index (χ0) is 11.4. The van der Waals surface area contributed by atoms with Crippen LogP contribution in [0.15, 0.2) is 48.2 Å². The molecule has 1 heterocycles. The molecule has 0 fully saturated rings. The van der Waals surface area contributed by atoms with E-state index >= 15 is 0 Å². The lowest BCUT2D eigenvalue weighted by atomic mass is 10.1. The van der Waals surface area contributed by atoms with Crippen LogP contribution in [0.3, 0.4) is 0 Å². The molecule has 1 aromatic carbocycles. The SMILES string of the molecule is CC(C)=CCCc1ccc2cccnc2c1. The lowest BCUT2D eigenvalue weighted by Gasteiger charge is -2.01. The average Bonchev–Trinajstić information content (AvgIpc) is 2.28. The molecule has 0 amide bonds. The van der Waals surface area contributed by atoms with Gasteiger partial charge in [0.2, 0.25) is 0 Å². The summed E-state index contributed by atoms with van der Waals surface area (Å²) in [5.74, 6) is 0. The van der Waals surface area contributed by atoms with Crippen LogP contribution in [0.4, 0.5) is 0 Å². The molecule has 1 heteroatoms. The summed E-state index contributed by atoms with van der Waals surface area (Å²) in [7, 11) is 0. The van der Waals surface area contributed by atoms with Crippen molar-refractivity contribution >= 4 is 10.9 Å². The first-order chi connectivity index (χ1) is 7.75. The third-order valence-corrected chi connectivity index (χ3v) is 2.66. The molecule has 0 aliphatic rings. The highest BCUT2D eigenvalue weighted by Crippen LogP contribution is 2.14. The summed E-state index contributed by atoms with van der Waals surface area (Å²) in [6.07, 6.45) is 6.34. The van der Waals surface area contributed by atoms with Gasteiger partial charge in [-0.1, -0.05) is 29.8 Å². The highest BCUT2D eigenvalue weighted by molar-refractivity contribution is 5.78. The molecule has 82 valence electrons. The summed E-state index contributed by atoms with van der Waals surface area (Å²) < 4.78 is 0. The Labute approximate surface area is 96.8 Å². The quantitative estimate of drug-likeness (QED) is 0.695. The number of hydrogen-bond donors (Lipinski definition) is 0. The van der Waals surface area contributed by atoms with Gasteiger partial charge in [0, 0.05) is 11.6 Å². The molecule has 1 nitrogen and oxygen atoms in total. The molecule has 0 radical (unpaired) electrons. The van der Waals surface area contributed by atoms with Gasteiger partial charge in [-0.05, 0) is 44.4 Å². The third kappa shape index (κ3) is 2.69. The number of hydrogen-bond acceptors (Lipinski definition) is 1. The fraction of sp³-hybridized carbons (Fsp3) is 0.267. The molecule has 0 atom stereocenters. The predicted molar refractivity (Wildman–Crippen MR) is 69.5 cm³/mol. The van der Waals surface area contributed by atoms with E-state index in [1.54, 1.807) is 0 Å². The fourth-order valence-electron chi connectivity index (χ4n) is 1.80. The number of aryl methyl sites for hydroxylation is 1. The van der Waals surface area contributed by atoms with Gasteiger partial charge in [-0.25, -0.2) is 0 Å². The molecule has 1 aromatic heterocycles. The summed E-state index contributed by atoms with van der Waals surface area (Å²) in [6.45, 7) is 4.28. The molecule has 0 N–H and O–H groups in total. The van der Waals surface area contributed by atoms with E-state index in [2.05, 4.69) is 49.2 Å². The van der Waals surface area contributed by atoms with Gasteiger partial charge in [-0.2, -0.15) is 0 Å². The van der Waals surface area contributed by atoms with Gasteiger partial charge in [0.15, 0.2) is 0 Å². The molecule has 2 rings (SSSR count). The van der Waals surface area contributed by atoms with Crippen molar-refractivity contribution in [1.29, 1.82) is 0 Å². The Hall–Kier alpha value is -1.63. The average molecular weight is 211 g/mol. The number of fused-ring (bicyclic) bond motifs is 1. The third-order valence-electron chi connectivity index (χ3n) is 2.66. The number of allylic oxidation sites excluding steroid dienone is 2. The highest BCUT2D eigenvalue weighted by atomic mass is 14.6. The highest BCUT2D eigenvalue weighted by Gasteiger charge is 1.96. The molecule has 0 unspecified atom stereocenters. The summed E-state index contributed by atoms with van der Waals surface area (Å²) in [5.41, 5.74) is 3.85. The molecular weight excluding hydrogens is 194 g/mol. The maximum atomic E-state index is 4.37. The van der Waals surface area contributed by atoms with E-state index in [-0.39, 0.29) is 0 Å². The van der Waals surface area contributed by atoms with Gasteiger partial charge in [-0.15, -0.1) is 0 Å². The van der Waals surface area contributed by atoms with Crippen LogP contribution >= 0.6 is 0 Å². The van der Waals surface area contributed by atoms with Crippen LogP contribution in [0.1, 0.15) is 25.8 Å². The molecule has 2 aromatic rings. The second kappa shape index (κ2) is 4.93. The molecule has 0 bridgehead atoms. The first-order valence-corrected chi connectivity index (χ1v) is 5.73. The Bertz CT molecular complexity index is 508. The first-order valence-electron chi connectivity index (χ1n) is 5.73. The van der Waals surface area contributed by atoms with Gasteiger partial charge in [0.1, 0.15) is 0 Å². The zero-order valence-corrected chi connectivity index (χ0v) is 9.90. The second-order valence-electron chi connectivity index (χ2n) is 4.35. The lowest BCUT2D eigenvalue weighted by molar-refractivity contribution is 0.990. The van der Waals surface area contributed by atoms with E-state index in [9.17, 15) is 0 Å². The van der Waals surface area contributed by atoms with Crippen molar-refractivity contribution in [2.45, 2.75) is 26.7 Å². The van der Waals surface area contributed by atoms with Gasteiger partial charge in [0.05, 0.1) is 5.52 Å². The molecule has 16 heavy (non-hydrogen) atoms. The zero-order valence-electron chi connectivity index (χ0n) is 9.90. The second-order valence-corrected chi connectivity index (χ2v) is 4.35. The molecule has 0 saturated heterocycles. The minimum absolute atomic E-state index is 1.09. The number of rotatable bonds is 3. The lowest BCUT2D eigenvalue weighted by Crippen LogP contribution is -1.85. The van der Waals surface area contributed by atoms with Crippen LogP contribution in [0, 0.1) is 0 Å². The summed E-state index contributed by atoms with van der Waals surface area (Å²) in [5, 5.41) is 1.22. The van der Waals surface area contributed by atoms with Crippen molar-refractivity contribution in [1.82, 2.24) is 4.98 Å². The Morgan fingerprint density at radius 3 is 2.94 bits per heavy atom. The molecular formula is C15H17N. The van der Waals surface area contributed by atoms with E-state index in [0.29, 0.717) is 0 Å².